The van der Waals surface area contributed by atoms with Gasteiger partial charge in [0.2, 0.25) is 0 Å². The number of hydrogen-bond acceptors (Lipinski definition) is 3. The molecule has 0 radical (unpaired) electrons. The second-order valence-electron chi connectivity index (χ2n) is 3.62. The SMILES string of the molecule is CC1COCCC1CNC(=O)C(=O)O. The summed E-state index contributed by atoms with van der Waals surface area (Å²) in [6, 6.07) is 0. The van der Waals surface area contributed by atoms with Crippen LogP contribution in [0.15, 0.2) is 0 Å². The molecule has 80 valence electrons. The van der Waals surface area contributed by atoms with E-state index in [9.17, 15) is 9.59 Å². The van der Waals surface area contributed by atoms with Gasteiger partial charge in [-0.3, -0.25) is 4.79 Å². The molecule has 14 heavy (non-hydrogen) atoms. The molecule has 0 spiro atoms. The van der Waals surface area contributed by atoms with Gasteiger partial charge in [0.05, 0.1) is 0 Å². The van der Waals surface area contributed by atoms with Crippen molar-refractivity contribution in [3.8, 4) is 0 Å². The fourth-order valence-electron chi connectivity index (χ4n) is 1.53. The van der Waals surface area contributed by atoms with Gasteiger partial charge in [-0.1, -0.05) is 6.92 Å². The minimum absolute atomic E-state index is 0.326. The zero-order valence-corrected chi connectivity index (χ0v) is 8.16. The largest absolute Gasteiger partial charge is 0.474 e. The van der Waals surface area contributed by atoms with E-state index >= 15 is 0 Å². The standard InChI is InChI=1S/C9H15NO4/c1-6-5-14-3-2-7(6)4-10-8(11)9(12)13/h6-7H,2-5H2,1H3,(H,10,11)(H,12,13). The molecule has 1 saturated heterocycles. The molecule has 1 amide bonds. The molecule has 0 aromatic carbocycles. The van der Waals surface area contributed by atoms with Gasteiger partial charge in [0, 0.05) is 19.8 Å². The minimum atomic E-state index is -1.43. The lowest BCUT2D eigenvalue weighted by molar-refractivity contribution is -0.150. The Morgan fingerprint density at radius 1 is 1.57 bits per heavy atom. The Morgan fingerprint density at radius 2 is 2.29 bits per heavy atom. The summed E-state index contributed by atoms with van der Waals surface area (Å²) in [5, 5.41) is 10.7. The highest BCUT2D eigenvalue weighted by Crippen LogP contribution is 2.20. The maximum Gasteiger partial charge on any atom is 0.394 e. The van der Waals surface area contributed by atoms with Crippen LogP contribution in [-0.2, 0) is 14.3 Å². The molecule has 1 heterocycles. The van der Waals surface area contributed by atoms with Gasteiger partial charge in [-0.15, -0.1) is 0 Å². The second-order valence-corrected chi connectivity index (χ2v) is 3.62. The lowest BCUT2D eigenvalue weighted by atomic mass is 9.90. The highest BCUT2D eigenvalue weighted by molar-refractivity contribution is 6.31. The zero-order valence-electron chi connectivity index (χ0n) is 8.16. The third kappa shape index (κ3) is 2.99. The number of carbonyl (C=O) groups excluding carboxylic acids is 1. The van der Waals surface area contributed by atoms with Gasteiger partial charge in [-0.25, -0.2) is 4.79 Å². The predicted octanol–water partition coefficient (Wildman–Crippen LogP) is -0.140. The molecule has 1 fully saturated rings. The number of hydrogen-bond donors (Lipinski definition) is 2. The first-order valence-electron chi connectivity index (χ1n) is 4.70. The molecule has 1 aliphatic rings. The van der Waals surface area contributed by atoms with Gasteiger partial charge in [0.1, 0.15) is 0 Å². The van der Waals surface area contributed by atoms with Crippen LogP contribution in [0.1, 0.15) is 13.3 Å². The second kappa shape index (κ2) is 4.95. The Hall–Kier alpha value is -1.10. The van der Waals surface area contributed by atoms with Crippen LogP contribution in [-0.4, -0.2) is 36.7 Å². The van der Waals surface area contributed by atoms with E-state index in [1.807, 2.05) is 6.92 Å². The Labute approximate surface area is 82.4 Å². The van der Waals surface area contributed by atoms with Crippen molar-refractivity contribution >= 4 is 11.9 Å². The molecule has 0 aromatic heterocycles. The molecule has 0 bridgehead atoms. The third-order valence-corrected chi connectivity index (χ3v) is 2.54. The van der Waals surface area contributed by atoms with Gasteiger partial charge in [0.15, 0.2) is 0 Å². The summed E-state index contributed by atoms with van der Waals surface area (Å²) in [5.41, 5.74) is 0. The van der Waals surface area contributed by atoms with Crippen molar-refractivity contribution in [2.45, 2.75) is 13.3 Å². The molecule has 1 rings (SSSR count). The lowest BCUT2D eigenvalue weighted by Crippen LogP contribution is -2.39. The van der Waals surface area contributed by atoms with Crippen LogP contribution in [0.5, 0.6) is 0 Å². The maximum atomic E-state index is 10.8. The molecule has 2 N–H and O–H groups in total. The van der Waals surface area contributed by atoms with E-state index in [0.29, 0.717) is 31.6 Å². The molecular weight excluding hydrogens is 186 g/mol. The van der Waals surface area contributed by atoms with Crippen molar-refractivity contribution in [1.82, 2.24) is 5.32 Å². The van der Waals surface area contributed by atoms with Crippen LogP contribution in [0.4, 0.5) is 0 Å². The van der Waals surface area contributed by atoms with Crippen LogP contribution in [0.3, 0.4) is 0 Å². The van der Waals surface area contributed by atoms with E-state index in [-0.39, 0.29) is 0 Å². The van der Waals surface area contributed by atoms with E-state index in [4.69, 9.17) is 9.84 Å². The monoisotopic (exact) mass is 201 g/mol. The summed E-state index contributed by atoms with van der Waals surface area (Å²) in [4.78, 5) is 21.0. The Bertz CT molecular complexity index is 229. The average molecular weight is 201 g/mol. The number of carboxylic acid groups (broad SMARTS) is 1. The van der Waals surface area contributed by atoms with Crippen LogP contribution >= 0.6 is 0 Å². The summed E-state index contributed by atoms with van der Waals surface area (Å²) in [6.45, 7) is 3.85. The number of amides is 1. The van der Waals surface area contributed by atoms with E-state index < -0.39 is 11.9 Å². The molecule has 0 aliphatic carbocycles. The van der Waals surface area contributed by atoms with Crippen molar-refractivity contribution in [3.63, 3.8) is 0 Å². The van der Waals surface area contributed by atoms with Crippen molar-refractivity contribution in [1.29, 1.82) is 0 Å². The maximum absolute atomic E-state index is 10.8. The smallest absolute Gasteiger partial charge is 0.394 e. The van der Waals surface area contributed by atoms with E-state index in [1.165, 1.54) is 0 Å². The fraction of sp³-hybridized carbons (Fsp3) is 0.778. The van der Waals surface area contributed by atoms with Crippen molar-refractivity contribution in [3.05, 3.63) is 0 Å². The van der Waals surface area contributed by atoms with E-state index in [2.05, 4.69) is 5.32 Å². The van der Waals surface area contributed by atoms with Gasteiger partial charge in [0.25, 0.3) is 0 Å². The van der Waals surface area contributed by atoms with Gasteiger partial charge >= 0.3 is 11.9 Å². The highest BCUT2D eigenvalue weighted by Gasteiger charge is 2.23. The van der Waals surface area contributed by atoms with Crippen molar-refractivity contribution in [2.24, 2.45) is 11.8 Å². The number of rotatable bonds is 2. The summed E-state index contributed by atoms with van der Waals surface area (Å²) in [6.07, 6.45) is 0.876. The molecule has 1 aliphatic heterocycles. The van der Waals surface area contributed by atoms with Gasteiger partial charge in [-0.2, -0.15) is 0 Å². The van der Waals surface area contributed by atoms with Crippen molar-refractivity contribution < 1.29 is 19.4 Å². The Morgan fingerprint density at radius 3 is 2.86 bits per heavy atom. The molecule has 5 heteroatoms. The average Bonchev–Trinajstić information content (AvgIpc) is 2.16. The molecular formula is C9H15NO4. The third-order valence-electron chi connectivity index (χ3n) is 2.54. The van der Waals surface area contributed by atoms with Gasteiger partial charge < -0.3 is 15.2 Å². The van der Waals surface area contributed by atoms with Crippen LogP contribution in [0, 0.1) is 11.8 Å². The summed E-state index contributed by atoms with van der Waals surface area (Å²) >= 11 is 0. The fourth-order valence-corrected chi connectivity index (χ4v) is 1.53. The topological polar surface area (TPSA) is 75.6 Å². The first-order valence-corrected chi connectivity index (χ1v) is 4.70. The van der Waals surface area contributed by atoms with E-state index in [0.717, 1.165) is 6.42 Å². The molecule has 2 unspecified atom stereocenters. The minimum Gasteiger partial charge on any atom is -0.474 e. The molecule has 2 atom stereocenters. The Kier molecular flexibility index (Phi) is 3.88. The number of ether oxygens (including phenoxy) is 1. The van der Waals surface area contributed by atoms with Crippen LogP contribution in [0.25, 0.3) is 0 Å². The lowest BCUT2D eigenvalue weighted by Gasteiger charge is -2.28. The highest BCUT2D eigenvalue weighted by atomic mass is 16.5. The zero-order chi connectivity index (χ0) is 10.6. The van der Waals surface area contributed by atoms with Gasteiger partial charge in [-0.05, 0) is 18.3 Å². The quantitative estimate of drug-likeness (QED) is 0.610. The number of nitrogens with one attached hydrogen (secondary N) is 1. The van der Waals surface area contributed by atoms with Crippen LogP contribution < -0.4 is 5.32 Å². The number of carbonyl (C=O) groups is 2. The number of carboxylic acids is 1. The summed E-state index contributed by atoms with van der Waals surface area (Å²) in [7, 11) is 0. The first-order chi connectivity index (χ1) is 6.61. The molecule has 0 saturated carbocycles. The molecule has 0 aromatic rings. The first kappa shape index (κ1) is 11.0. The normalized spacial score (nSPS) is 26.9. The molecule has 5 nitrogen and oxygen atoms in total. The summed E-state index contributed by atoms with van der Waals surface area (Å²) in [5.74, 6) is -1.65. The van der Waals surface area contributed by atoms with Crippen molar-refractivity contribution in [2.75, 3.05) is 19.8 Å². The summed E-state index contributed by atoms with van der Waals surface area (Å²) < 4.78 is 5.24. The number of aliphatic carboxylic acids is 1. The van der Waals surface area contributed by atoms with Crippen LogP contribution in [0.2, 0.25) is 0 Å². The predicted molar refractivity (Wildman–Crippen MR) is 48.7 cm³/mol. The Balaban J connectivity index is 2.29. The van der Waals surface area contributed by atoms with E-state index in [1.54, 1.807) is 0 Å².